The summed E-state index contributed by atoms with van der Waals surface area (Å²) in [5, 5.41) is 4.40. The second kappa shape index (κ2) is 6.84. The van der Waals surface area contributed by atoms with Crippen molar-refractivity contribution in [3.05, 3.63) is 23.8 Å². The van der Waals surface area contributed by atoms with Crippen LogP contribution in [0.2, 0.25) is 0 Å². The van der Waals surface area contributed by atoms with Gasteiger partial charge in [0.1, 0.15) is 0 Å². The second-order valence-corrected chi connectivity index (χ2v) is 5.69. The number of hydrogen-bond donors (Lipinski definition) is 1. The van der Waals surface area contributed by atoms with Gasteiger partial charge < -0.3 is 15.0 Å². The van der Waals surface area contributed by atoms with Gasteiger partial charge in [-0.25, -0.2) is 4.98 Å². The number of anilines is 1. The minimum atomic E-state index is 0.775. The maximum absolute atomic E-state index is 5.06. The average molecular weight is 279 g/mol. The predicted octanol–water partition coefficient (Wildman–Crippen LogP) is 2.59. The molecular formula is C14H21N3OS. The van der Waals surface area contributed by atoms with E-state index >= 15 is 0 Å². The molecule has 1 N–H and O–H groups in total. The van der Waals surface area contributed by atoms with E-state index in [-0.39, 0.29) is 0 Å². The van der Waals surface area contributed by atoms with Gasteiger partial charge >= 0.3 is 0 Å². The van der Waals surface area contributed by atoms with Crippen molar-refractivity contribution in [3.8, 4) is 0 Å². The summed E-state index contributed by atoms with van der Waals surface area (Å²) in [6.07, 6.45) is 0. The van der Waals surface area contributed by atoms with Crippen molar-refractivity contribution < 1.29 is 4.74 Å². The van der Waals surface area contributed by atoms with Gasteiger partial charge in [-0.1, -0.05) is 23.5 Å². The largest absolute Gasteiger partial charge is 0.383 e. The van der Waals surface area contributed by atoms with E-state index in [0.29, 0.717) is 0 Å². The molecule has 4 nitrogen and oxygen atoms in total. The van der Waals surface area contributed by atoms with E-state index in [4.69, 9.17) is 4.74 Å². The second-order valence-electron chi connectivity index (χ2n) is 4.66. The molecule has 1 aromatic heterocycles. The molecule has 0 bridgehead atoms. The smallest absolute Gasteiger partial charge is 0.183 e. The van der Waals surface area contributed by atoms with Crippen LogP contribution in [-0.2, 0) is 4.74 Å². The Bertz CT molecular complexity index is 526. The molecule has 0 saturated heterocycles. The monoisotopic (exact) mass is 279 g/mol. The SMILES string of the molecule is COCCN(C)CCNc1nc2c(C)cccc2s1. The van der Waals surface area contributed by atoms with E-state index in [1.807, 2.05) is 0 Å². The molecule has 0 spiro atoms. The number of methoxy groups -OCH3 is 1. The number of para-hydroxylation sites is 1. The lowest BCUT2D eigenvalue weighted by Crippen LogP contribution is -2.28. The van der Waals surface area contributed by atoms with Crippen molar-refractivity contribution in [2.75, 3.05) is 45.7 Å². The van der Waals surface area contributed by atoms with Gasteiger partial charge in [-0.05, 0) is 25.6 Å². The third-order valence-electron chi connectivity index (χ3n) is 3.07. The molecule has 0 saturated carbocycles. The molecule has 104 valence electrons. The highest BCUT2D eigenvalue weighted by molar-refractivity contribution is 7.22. The number of benzene rings is 1. The molecule has 1 heterocycles. The number of rotatable bonds is 7. The molecule has 5 heteroatoms. The molecule has 2 aromatic rings. The first-order valence-corrected chi connectivity index (χ1v) is 7.30. The van der Waals surface area contributed by atoms with Crippen molar-refractivity contribution >= 4 is 26.7 Å². The Morgan fingerprint density at radius 1 is 1.37 bits per heavy atom. The minimum absolute atomic E-state index is 0.775. The zero-order valence-corrected chi connectivity index (χ0v) is 12.6. The van der Waals surface area contributed by atoms with Crippen LogP contribution in [0.25, 0.3) is 10.2 Å². The Balaban J connectivity index is 1.86. The number of ether oxygens (including phenoxy) is 1. The third kappa shape index (κ3) is 3.89. The van der Waals surface area contributed by atoms with Crippen LogP contribution in [0.15, 0.2) is 18.2 Å². The van der Waals surface area contributed by atoms with Crippen molar-refractivity contribution in [2.24, 2.45) is 0 Å². The van der Waals surface area contributed by atoms with E-state index < -0.39 is 0 Å². The molecule has 0 aliphatic carbocycles. The molecule has 0 radical (unpaired) electrons. The zero-order chi connectivity index (χ0) is 13.7. The van der Waals surface area contributed by atoms with Gasteiger partial charge in [0.15, 0.2) is 5.13 Å². The number of nitrogens with one attached hydrogen (secondary N) is 1. The molecule has 2 rings (SSSR count). The minimum Gasteiger partial charge on any atom is -0.383 e. The van der Waals surface area contributed by atoms with Crippen LogP contribution >= 0.6 is 11.3 Å². The van der Waals surface area contributed by atoms with Crippen molar-refractivity contribution in [1.29, 1.82) is 0 Å². The standard InChI is InChI=1S/C14H21N3OS/c1-11-5-4-6-12-13(11)16-14(19-12)15-7-8-17(2)9-10-18-3/h4-6H,7-10H2,1-3H3,(H,15,16). The van der Waals surface area contributed by atoms with Crippen molar-refractivity contribution in [1.82, 2.24) is 9.88 Å². The Morgan fingerprint density at radius 3 is 2.95 bits per heavy atom. The summed E-state index contributed by atoms with van der Waals surface area (Å²) >= 11 is 1.72. The van der Waals surface area contributed by atoms with Gasteiger partial charge in [0.2, 0.25) is 0 Å². The highest BCUT2D eigenvalue weighted by Gasteiger charge is 2.05. The van der Waals surface area contributed by atoms with E-state index in [2.05, 4.69) is 47.4 Å². The van der Waals surface area contributed by atoms with Gasteiger partial charge in [0.05, 0.1) is 16.8 Å². The molecule has 0 fully saturated rings. The molecule has 19 heavy (non-hydrogen) atoms. The summed E-state index contributed by atoms with van der Waals surface area (Å²) in [5.74, 6) is 0. The summed E-state index contributed by atoms with van der Waals surface area (Å²) in [7, 11) is 3.83. The number of aromatic nitrogens is 1. The van der Waals surface area contributed by atoms with Gasteiger partial charge in [0, 0.05) is 26.7 Å². The Kier molecular flexibility index (Phi) is 5.13. The summed E-state index contributed by atoms with van der Waals surface area (Å²) < 4.78 is 6.30. The van der Waals surface area contributed by atoms with Crippen molar-refractivity contribution in [3.63, 3.8) is 0 Å². The van der Waals surface area contributed by atoms with Crippen LogP contribution in [-0.4, -0.2) is 50.3 Å². The topological polar surface area (TPSA) is 37.4 Å². The summed E-state index contributed by atoms with van der Waals surface area (Å²) in [5.41, 5.74) is 2.35. The Morgan fingerprint density at radius 2 is 2.21 bits per heavy atom. The highest BCUT2D eigenvalue weighted by atomic mass is 32.1. The molecule has 0 aliphatic heterocycles. The molecule has 1 aromatic carbocycles. The third-order valence-corrected chi connectivity index (χ3v) is 4.05. The van der Waals surface area contributed by atoms with E-state index in [1.165, 1.54) is 10.3 Å². The predicted molar refractivity (Wildman–Crippen MR) is 82.2 cm³/mol. The molecule has 0 unspecified atom stereocenters. The van der Waals surface area contributed by atoms with Crippen LogP contribution in [0.1, 0.15) is 5.56 Å². The van der Waals surface area contributed by atoms with E-state index in [9.17, 15) is 0 Å². The average Bonchev–Trinajstić information content (AvgIpc) is 2.81. The summed E-state index contributed by atoms with van der Waals surface area (Å²) in [4.78, 5) is 6.88. The number of thiazole rings is 1. The molecule has 0 aliphatic rings. The first-order chi connectivity index (χ1) is 9.20. The Labute approximate surface area is 118 Å². The first-order valence-electron chi connectivity index (χ1n) is 6.48. The maximum Gasteiger partial charge on any atom is 0.183 e. The van der Waals surface area contributed by atoms with E-state index in [0.717, 1.165) is 36.9 Å². The van der Waals surface area contributed by atoms with Crippen LogP contribution < -0.4 is 5.32 Å². The normalized spacial score (nSPS) is 11.4. The maximum atomic E-state index is 5.06. The number of aryl methyl sites for hydroxylation is 1. The number of nitrogens with zero attached hydrogens (tertiary/aromatic N) is 2. The summed E-state index contributed by atoms with van der Waals surface area (Å²) in [6.45, 7) is 5.72. The van der Waals surface area contributed by atoms with Crippen LogP contribution in [0.3, 0.4) is 0 Å². The lowest BCUT2D eigenvalue weighted by atomic mass is 10.2. The fourth-order valence-corrected chi connectivity index (χ4v) is 2.84. The fourth-order valence-electron chi connectivity index (χ4n) is 1.87. The number of likely N-dealkylation sites (N-methyl/N-ethyl adjacent to an activating group) is 1. The Hall–Kier alpha value is -1.17. The quantitative estimate of drug-likeness (QED) is 0.845. The zero-order valence-electron chi connectivity index (χ0n) is 11.8. The van der Waals surface area contributed by atoms with Gasteiger partial charge in [0.25, 0.3) is 0 Å². The lowest BCUT2D eigenvalue weighted by molar-refractivity contribution is 0.163. The van der Waals surface area contributed by atoms with Gasteiger partial charge in [-0.2, -0.15) is 0 Å². The van der Waals surface area contributed by atoms with Gasteiger partial charge in [-0.3, -0.25) is 0 Å². The number of hydrogen-bond acceptors (Lipinski definition) is 5. The molecule has 0 atom stereocenters. The van der Waals surface area contributed by atoms with Crippen LogP contribution in [0, 0.1) is 6.92 Å². The van der Waals surface area contributed by atoms with Crippen molar-refractivity contribution in [2.45, 2.75) is 6.92 Å². The molecule has 0 amide bonds. The van der Waals surface area contributed by atoms with Crippen LogP contribution in [0.4, 0.5) is 5.13 Å². The number of fused-ring (bicyclic) bond motifs is 1. The lowest BCUT2D eigenvalue weighted by Gasteiger charge is -2.15. The fraction of sp³-hybridized carbons (Fsp3) is 0.500. The highest BCUT2D eigenvalue weighted by Crippen LogP contribution is 2.27. The summed E-state index contributed by atoms with van der Waals surface area (Å²) in [6, 6.07) is 6.30. The first kappa shape index (κ1) is 14.2. The van der Waals surface area contributed by atoms with E-state index in [1.54, 1.807) is 18.4 Å². The van der Waals surface area contributed by atoms with Gasteiger partial charge in [-0.15, -0.1) is 0 Å². The van der Waals surface area contributed by atoms with Crippen LogP contribution in [0.5, 0.6) is 0 Å². The molecular weight excluding hydrogens is 258 g/mol.